The Morgan fingerprint density at radius 3 is 2.45 bits per heavy atom. The fraction of sp³-hybridized carbons (Fsp3) is 0.276. The molecule has 0 radical (unpaired) electrons. The summed E-state index contributed by atoms with van der Waals surface area (Å²) in [7, 11) is 1.61. The van der Waals surface area contributed by atoms with Gasteiger partial charge in [-0.1, -0.05) is 61.3 Å². The average molecular weight is 553 g/mol. The number of amides is 2. The molecule has 4 aromatic rings. The molecule has 0 aliphatic rings. The molecule has 0 aliphatic carbocycles. The van der Waals surface area contributed by atoms with Gasteiger partial charge in [-0.05, 0) is 60.4 Å². The second-order valence-corrected chi connectivity index (χ2v) is 10.3. The number of imidazole rings is 1. The number of aromatic nitrogens is 2. The first-order valence-electron chi connectivity index (χ1n) is 12.4. The summed E-state index contributed by atoms with van der Waals surface area (Å²) in [5.74, 6) is 1.12. The average Bonchev–Trinajstić information content (AvgIpc) is 3.25. The summed E-state index contributed by atoms with van der Waals surface area (Å²) in [5, 5.41) is 6.79. The second-order valence-electron chi connectivity index (χ2n) is 9.45. The number of nitrogens with zero attached hydrogens (tertiary/aromatic N) is 2. The summed E-state index contributed by atoms with van der Waals surface area (Å²) < 4.78 is 7.07. The molecule has 198 valence electrons. The van der Waals surface area contributed by atoms with Crippen LogP contribution in [0.2, 0.25) is 10.0 Å². The number of methoxy groups -OCH3 is 1. The van der Waals surface area contributed by atoms with E-state index in [1.54, 1.807) is 19.2 Å². The number of rotatable bonds is 10. The Morgan fingerprint density at radius 1 is 1.03 bits per heavy atom. The standard InChI is InChI=1S/C29H30Cl2N4O3/c1-18(2)14-25(34-29(37)22-13-10-20(30)15-23(22)31)28-33-24-6-4-5-7-26(24)35(28)17-27(36)32-16-19-8-11-21(38-3)12-9-19/h4-13,15,18,25H,14,16-17H2,1-3H3,(H,32,36)(H,34,37)/t25-/m0/s1. The summed E-state index contributed by atoms with van der Waals surface area (Å²) in [5.41, 5.74) is 2.84. The predicted octanol–water partition coefficient (Wildman–Crippen LogP) is 6.19. The molecule has 0 unspecified atom stereocenters. The van der Waals surface area contributed by atoms with Gasteiger partial charge in [-0.25, -0.2) is 4.98 Å². The molecule has 1 aromatic heterocycles. The van der Waals surface area contributed by atoms with Crippen LogP contribution in [0.5, 0.6) is 5.75 Å². The molecule has 0 saturated carbocycles. The van der Waals surface area contributed by atoms with Crippen molar-refractivity contribution in [3.63, 3.8) is 0 Å². The minimum Gasteiger partial charge on any atom is -0.497 e. The Hall–Kier alpha value is -3.55. The highest BCUT2D eigenvalue weighted by atomic mass is 35.5. The minimum atomic E-state index is -0.448. The van der Waals surface area contributed by atoms with E-state index < -0.39 is 6.04 Å². The van der Waals surface area contributed by atoms with Crippen LogP contribution in [0.3, 0.4) is 0 Å². The molecule has 0 aliphatic heterocycles. The summed E-state index contributed by atoms with van der Waals surface area (Å²) in [6, 6.07) is 19.5. The van der Waals surface area contributed by atoms with Crippen molar-refractivity contribution in [3.05, 3.63) is 93.7 Å². The van der Waals surface area contributed by atoms with Crippen molar-refractivity contribution < 1.29 is 14.3 Å². The normalized spacial score (nSPS) is 11.9. The van der Waals surface area contributed by atoms with E-state index in [0.29, 0.717) is 29.4 Å². The van der Waals surface area contributed by atoms with Crippen LogP contribution in [0.4, 0.5) is 0 Å². The summed E-state index contributed by atoms with van der Waals surface area (Å²) in [4.78, 5) is 31.1. The van der Waals surface area contributed by atoms with E-state index >= 15 is 0 Å². The predicted molar refractivity (Wildman–Crippen MR) is 151 cm³/mol. The van der Waals surface area contributed by atoms with Gasteiger partial charge in [0, 0.05) is 11.6 Å². The number of benzene rings is 3. The van der Waals surface area contributed by atoms with Gasteiger partial charge in [-0.2, -0.15) is 0 Å². The van der Waals surface area contributed by atoms with Crippen LogP contribution in [0, 0.1) is 5.92 Å². The summed E-state index contributed by atoms with van der Waals surface area (Å²) >= 11 is 12.3. The topological polar surface area (TPSA) is 85.2 Å². The number of fused-ring (bicyclic) bond motifs is 1. The molecule has 0 saturated heterocycles. The third-order valence-corrected chi connectivity index (χ3v) is 6.68. The van der Waals surface area contributed by atoms with Gasteiger partial charge in [0.05, 0.1) is 34.8 Å². The van der Waals surface area contributed by atoms with Crippen LogP contribution in [0.25, 0.3) is 11.0 Å². The van der Waals surface area contributed by atoms with Crippen LogP contribution in [0.15, 0.2) is 66.7 Å². The SMILES string of the molecule is COc1ccc(CNC(=O)Cn2c([C@H](CC(C)C)NC(=O)c3ccc(Cl)cc3Cl)nc3ccccc32)cc1. The van der Waals surface area contributed by atoms with Gasteiger partial charge in [0.15, 0.2) is 0 Å². The first-order valence-corrected chi connectivity index (χ1v) is 13.1. The van der Waals surface area contributed by atoms with Gasteiger partial charge < -0.3 is 19.9 Å². The molecule has 9 heteroatoms. The molecule has 38 heavy (non-hydrogen) atoms. The lowest BCUT2D eigenvalue weighted by atomic mass is 10.0. The number of halogens is 2. The Morgan fingerprint density at radius 2 is 1.76 bits per heavy atom. The van der Waals surface area contributed by atoms with E-state index in [1.807, 2.05) is 53.1 Å². The van der Waals surface area contributed by atoms with Crippen LogP contribution in [-0.2, 0) is 17.9 Å². The van der Waals surface area contributed by atoms with Crippen molar-refractivity contribution in [1.82, 2.24) is 20.2 Å². The Bertz CT molecular complexity index is 1430. The number of hydrogen-bond acceptors (Lipinski definition) is 4. The molecule has 3 aromatic carbocycles. The largest absolute Gasteiger partial charge is 0.497 e. The fourth-order valence-corrected chi connectivity index (χ4v) is 4.77. The third-order valence-electron chi connectivity index (χ3n) is 6.13. The van der Waals surface area contributed by atoms with Crippen LogP contribution in [-0.4, -0.2) is 28.5 Å². The molecule has 1 heterocycles. The van der Waals surface area contributed by atoms with Crippen molar-refractivity contribution in [2.45, 2.75) is 39.4 Å². The molecule has 0 fully saturated rings. The van der Waals surface area contributed by atoms with Crippen LogP contribution < -0.4 is 15.4 Å². The molecule has 0 spiro atoms. The van der Waals surface area contributed by atoms with Crippen molar-refractivity contribution in [2.24, 2.45) is 5.92 Å². The second kappa shape index (κ2) is 12.3. The van der Waals surface area contributed by atoms with E-state index in [4.69, 9.17) is 32.9 Å². The molecular weight excluding hydrogens is 523 g/mol. The Labute approximate surface area is 232 Å². The van der Waals surface area contributed by atoms with E-state index in [0.717, 1.165) is 22.3 Å². The van der Waals surface area contributed by atoms with E-state index in [1.165, 1.54) is 6.07 Å². The Kier molecular flexibility index (Phi) is 8.92. The van der Waals surface area contributed by atoms with Crippen LogP contribution >= 0.6 is 23.2 Å². The number of hydrogen-bond donors (Lipinski definition) is 2. The molecule has 2 amide bonds. The number of ether oxygens (including phenoxy) is 1. The molecule has 2 N–H and O–H groups in total. The van der Waals surface area contributed by atoms with Gasteiger partial charge in [-0.15, -0.1) is 0 Å². The first-order chi connectivity index (χ1) is 18.2. The van der Waals surface area contributed by atoms with Crippen molar-refractivity contribution in [1.29, 1.82) is 0 Å². The Balaban J connectivity index is 1.60. The smallest absolute Gasteiger partial charge is 0.253 e. The maximum Gasteiger partial charge on any atom is 0.253 e. The number of para-hydroxylation sites is 2. The molecule has 4 rings (SSSR count). The third kappa shape index (κ3) is 6.65. The first kappa shape index (κ1) is 27.5. The molecular formula is C29H30Cl2N4O3. The van der Waals surface area contributed by atoms with Gasteiger partial charge in [-0.3, -0.25) is 9.59 Å². The molecule has 0 bridgehead atoms. The van der Waals surface area contributed by atoms with E-state index in [9.17, 15) is 9.59 Å². The molecule has 7 nitrogen and oxygen atoms in total. The van der Waals surface area contributed by atoms with E-state index in [2.05, 4.69) is 24.5 Å². The monoisotopic (exact) mass is 552 g/mol. The highest BCUT2D eigenvalue weighted by Crippen LogP contribution is 2.27. The number of carbonyl (C=O) groups excluding carboxylic acids is 2. The number of carbonyl (C=O) groups is 2. The zero-order chi connectivity index (χ0) is 27.2. The lowest BCUT2D eigenvalue weighted by molar-refractivity contribution is -0.121. The highest BCUT2D eigenvalue weighted by Gasteiger charge is 2.25. The maximum atomic E-state index is 13.2. The maximum absolute atomic E-state index is 13.2. The van der Waals surface area contributed by atoms with Gasteiger partial charge >= 0.3 is 0 Å². The summed E-state index contributed by atoms with van der Waals surface area (Å²) in [6.07, 6.45) is 0.619. The van der Waals surface area contributed by atoms with Crippen molar-refractivity contribution >= 4 is 46.0 Å². The quantitative estimate of drug-likeness (QED) is 0.246. The molecule has 1 atom stereocenters. The number of nitrogens with one attached hydrogen (secondary N) is 2. The van der Waals surface area contributed by atoms with Gasteiger partial charge in [0.1, 0.15) is 18.1 Å². The zero-order valence-electron chi connectivity index (χ0n) is 21.5. The van der Waals surface area contributed by atoms with E-state index in [-0.39, 0.29) is 29.3 Å². The summed E-state index contributed by atoms with van der Waals surface area (Å²) in [6.45, 7) is 4.58. The highest BCUT2D eigenvalue weighted by molar-refractivity contribution is 6.36. The zero-order valence-corrected chi connectivity index (χ0v) is 23.0. The van der Waals surface area contributed by atoms with Crippen molar-refractivity contribution in [2.75, 3.05) is 7.11 Å². The van der Waals surface area contributed by atoms with Gasteiger partial charge in [0.25, 0.3) is 5.91 Å². The van der Waals surface area contributed by atoms with Gasteiger partial charge in [0.2, 0.25) is 5.91 Å². The van der Waals surface area contributed by atoms with Crippen molar-refractivity contribution in [3.8, 4) is 5.75 Å². The minimum absolute atomic E-state index is 0.0537. The fourth-order valence-electron chi connectivity index (χ4n) is 4.28. The lowest BCUT2D eigenvalue weighted by Gasteiger charge is -2.22. The van der Waals surface area contributed by atoms with Crippen LogP contribution in [0.1, 0.15) is 48.1 Å². The lowest BCUT2D eigenvalue weighted by Crippen LogP contribution is -2.33.